The number of ether oxygens (including phenoxy) is 2. The summed E-state index contributed by atoms with van der Waals surface area (Å²) >= 11 is 0. The van der Waals surface area contributed by atoms with Gasteiger partial charge in [-0.3, -0.25) is 15.0 Å². The molecule has 0 fully saturated rings. The molecule has 0 saturated heterocycles. The van der Waals surface area contributed by atoms with Crippen molar-refractivity contribution >= 4 is 11.9 Å². The van der Waals surface area contributed by atoms with E-state index in [1.165, 1.54) is 5.56 Å². The number of urea groups is 1. The molecule has 1 atom stereocenters. The number of imide groups is 1. The number of nitrogens with zero attached hydrogens (tertiary/aromatic N) is 1. The molecule has 154 valence electrons. The average Bonchev–Trinajstić information content (AvgIpc) is 2.73. The van der Waals surface area contributed by atoms with Crippen LogP contribution < -0.4 is 20.1 Å². The largest absolute Gasteiger partial charge is 0.493 e. The van der Waals surface area contributed by atoms with Crippen LogP contribution in [0.15, 0.2) is 42.5 Å². The van der Waals surface area contributed by atoms with Crippen LogP contribution >= 0.6 is 0 Å². The second-order valence-corrected chi connectivity index (χ2v) is 6.86. The van der Waals surface area contributed by atoms with Gasteiger partial charge in [0.1, 0.15) is 6.04 Å². The predicted molar refractivity (Wildman–Crippen MR) is 110 cm³/mol. The lowest BCUT2D eigenvalue weighted by Gasteiger charge is -2.35. The van der Waals surface area contributed by atoms with Crippen molar-refractivity contribution in [2.24, 2.45) is 0 Å². The van der Waals surface area contributed by atoms with Crippen LogP contribution in [-0.4, -0.2) is 44.1 Å². The summed E-state index contributed by atoms with van der Waals surface area (Å²) in [5, 5.41) is 5.08. The van der Waals surface area contributed by atoms with E-state index in [4.69, 9.17) is 9.47 Å². The number of rotatable bonds is 6. The molecule has 1 heterocycles. The Balaban J connectivity index is 1.89. The lowest BCUT2D eigenvalue weighted by atomic mass is 9.95. The Morgan fingerprint density at radius 2 is 1.72 bits per heavy atom. The highest BCUT2D eigenvalue weighted by atomic mass is 16.5. The minimum absolute atomic E-state index is 0.342. The van der Waals surface area contributed by atoms with E-state index in [0.29, 0.717) is 31.1 Å². The first-order valence-corrected chi connectivity index (χ1v) is 9.68. The van der Waals surface area contributed by atoms with Gasteiger partial charge in [-0.15, -0.1) is 0 Å². The van der Waals surface area contributed by atoms with E-state index in [9.17, 15) is 9.59 Å². The van der Waals surface area contributed by atoms with E-state index >= 15 is 0 Å². The Hall–Kier alpha value is -3.06. The number of hydrogen-bond donors (Lipinski definition) is 2. The van der Waals surface area contributed by atoms with Crippen LogP contribution in [0, 0.1) is 0 Å². The minimum Gasteiger partial charge on any atom is -0.493 e. The number of hydrogen-bond acceptors (Lipinski definition) is 5. The molecule has 1 aliphatic heterocycles. The fourth-order valence-corrected chi connectivity index (χ4v) is 3.67. The number of methoxy groups -OCH3 is 2. The number of carbonyl (C=O) groups excluding carboxylic acids is 2. The van der Waals surface area contributed by atoms with E-state index < -0.39 is 12.1 Å². The summed E-state index contributed by atoms with van der Waals surface area (Å²) in [4.78, 5) is 27.0. The van der Waals surface area contributed by atoms with Crippen molar-refractivity contribution in [2.45, 2.75) is 25.9 Å². The van der Waals surface area contributed by atoms with E-state index in [0.717, 1.165) is 17.5 Å². The molecule has 1 aliphatic rings. The molecule has 0 aromatic heterocycles. The predicted octanol–water partition coefficient (Wildman–Crippen LogP) is 2.65. The maximum Gasteiger partial charge on any atom is 0.321 e. The highest BCUT2D eigenvalue weighted by Gasteiger charge is 2.31. The van der Waals surface area contributed by atoms with E-state index in [1.54, 1.807) is 14.2 Å². The fourth-order valence-electron chi connectivity index (χ4n) is 3.67. The Bertz CT molecular complexity index is 870. The first-order valence-electron chi connectivity index (χ1n) is 9.68. The first-order chi connectivity index (χ1) is 14.1. The summed E-state index contributed by atoms with van der Waals surface area (Å²) in [6.07, 6.45) is 0.771. The van der Waals surface area contributed by atoms with E-state index in [1.807, 2.05) is 49.4 Å². The summed E-state index contributed by atoms with van der Waals surface area (Å²) in [6.45, 7) is 3.51. The molecule has 2 N–H and O–H groups in total. The van der Waals surface area contributed by atoms with Gasteiger partial charge in [-0.25, -0.2) is 4.79 Å². The van der Waals surface area contributed by atoms with Gasteiger partial charge in [-0.2, -0.15) is 0 Å². The Labute approximate surface area is 171 Å². The highest BCUT2D eigenvalue weighted by Crippen LogP contribution is 2.35. The topological polar surface area (TPSA) is 79.9 Å². The summed E-state index contributed by atoms with van der Waals surface area (Å²) in [7, 11) is 3.23. The normalized spacial score (nSPS) is 14.4. The lowest BCUT2D eigenvalue weighted by molar-refractivity contribution is -0.126. The zero-order valence-corrected chi connectivity index (χ0v) is 17.0. The van der Waals surface area contributed by atoms with Gasteiger partial charge in [0.2, 0.25) is 5.91 Å². The molecule has 2 aromatic carbocycles. The molecule has 7 heteroatoms. The molecule has 2 aromatic rings. The Kier molecular flexibility index (Phi) is 6.72. The second-order valence-electron chi connectivity index (χ2n) is 6.86. The molecule has 7 nitrogen and oxygen atoms in total. The summed E-state index contributed by atoms with van der Waals surface area (Å²) in [5.41, 5.74) is 3.11. The number of fused-ring (bicyclic) bond motifs is 1. The summed E-state index contributed by atoms with van der Waals surface area (Å²) < 4.78 is 10.8. The van der Waals surface area contributed by atoms with Crippen LogP contribution in [0.5, 0.6) is 11.5 Å². The van der Waals surface area contributed by atoms with Gasteiger partial charge in [0, 0.05) is 19.6 Å². The number of benzene rings is 2. The van der Waals surface area contributed by atoms with E-state index in [2.05, 4.69) is 15.5 Å². The smallest absolute Gasteiger partial charge is 0.321 e. The van der Waals surface area contributed by atoms with Crippen molar-refractivity contribution in [1.29, 1.82) is 0 Å². The molecule has 3 rings (SSSR count). The van der Waals surface area contributed by atoms with Crippen LogP contribution in [0.25, 0.3) is 0 Å². The van der Waals surface area contributed by atoms with Crippen LogP contribution in [0.1, 0.15) is 29.7 Å². The summed E-state index contributed by atoms with van der Waals surface area (Å²) in [6, 6.07) is 12.4. The monoisotopic (exact) mass is 397 g/mol. The number of carbonyl (C=O) groups is 2. The molecular formula is C22H27N3O4. The maximum absolute atomic E-state index is 13.0. The van der Waals surface area contributed by atoms with Gasteiger partial charge in [-0.05, 0) is 42.2 Å². The van der Waals surface area contributed by atoms with Gasteiger partial charge in [0.25, 0.3) is 0 Å². The second kappa shape index (κ2) is 9.43. The molecule has 3 amide bonds. The lowest BCUT2D eigenvalue weighted by Crippen LogP contribution is -2.47. The third kappa shape index (κ3) is 4.68. The number of nitrogens with one attached hydrogen (secondary N) is 2. The first kappa shape index (κ1) is 20.7. The van der Waals surface area contributed by atoms with Gasteiger partial charge >= 0.3 is 6.03 Å². The fraction of sp³-hybridized carbons (Fsp3) is 0.364. The van der Waals surface area contributed by atoms with Crippen molar-refractivity contribution in [3.05, 3.63) is 59.2 Å². The van der Waals surface area contributed by atoms with Crippen LogP contribution in [0.3, 0.4) is 0 Å². The SMILES string of the molecule is CCNC(=O)NC(=O)[C@H](c1ccccc1)N1CCc2cc(OC)c(OC)cc2C1. The average molecular weight is 397 g/mol. The number of amides is 3. The van der Waals surface area contributed by atoms with Crippen molar-refractivity contribution < 1.29 is 19.1 Å². The van der Waals surface area contributed by atoms with Crippen molar-refractivity contribution in [3.63, 3.8) is 0 Å². The standard InChI is InChI=1S/C22H27N3O4/c1-4-23-22(27)24-21(26)20(15-8-6-5-7-9-15)25-11-10-16-12-18(28-2)19(29-3)13-17(16)14-25/h5-9,12-13,20H,4,10-11,14H2,1-3H3,(H2,23,24,26,27)/t20-/m0/s1. The van der Waals surface area contributed by atoms with Crippen LogP contribution in [0.2, 0.25) is 0 Å². The van der Waals surface area contributed by atoms with Gasteiger partial charge < -0.3 is 14.8 Å². The van der Waals surface area contributed by atoms with E-state index in [-0.39, 0.29) is 5.91 Å². The minimum atomic E-state index is -0.569. The maximum atomic E-state index is 13.0. The van der Waals surface area contributed by atoms with Crippen LogP contribution in [-0.2, 0) is 17.8 Å². The third-order valence-corrected chi connectivity index (χ3v) is 5.05. The van der Waals surface area contributed by atoms with Crippen molar-refractivity contribution in [1.82, 2.24) is 15.5 Å². The zero-order chi connectivity index (χ0) is 20.8. The summed E-state index contributed by atoms with van der Waals surface area (Å²) in [5.74, 6) is 1.02. The van der Waals surface area contributed by atoms with Crippen LogP contribution in [0.4, 0.5) is 4.79 Å². The third-order valence-electron chi connectivity index (χ3n) is 5.05. The van der Waals surface area contributed by atoms with Gasteiger partial charge in [0.15, 0.2) is 11.5 Å². The molecule has 0 saturated carbocycles. The molecule has 0 unspecified atom stereocenters. The van der Waals surface area contributed by atoms with Gasteiger partial charge in [0.05, 0.1) is 14.2 Å². The molecule has 0 aliphatic carbocycles. The quantitative estimate of drug-likeness (QED) is 0.783. The molecular weight excluding hydrogens is 370 g/mol. The van der Waals surface area contributed by atoms with Gasteiger partial charge in [-0.1, -0.05) is 30.3 Å². The zero-order valence-electron chi connectivity index (χ0n) is 17.0. The highest BCUT2D eigenvalue weighted by molar-refractivity contribution is 5.97. The Morgan fingerprint density at radius 3 is 2.34 bits per heavy atom. The molecule has 0 radical (unpaired) electrons. The van der Waals surface area contributed by atoms with Crippen molar-refractivity contribution in [3.8, 4) is 11.5 Å². The molecule has 29 heavy (non-hydrogen) atoms. The van der Waals surface area contributed by atoms with Crippen molar-refractivity contribution in [2.75, 3.05) is 27.3 Å². The molecule has 0 spiro atoms. The Morgan fingerprint density at radius 1 is 1.07 bits per heavy atom. The molecule has 0 bridgehead atoms.